The first-order chi connectivity index (χ1) is 11.3. The summed E-state index contributed by atoms with van der Waals surface area (Å²) in [6, 6.07) is 1.70. The van der Waals surface area contributed by atoms with Gasteiger partial charge in [0.1, 0.15) is 5.69 Å². The first-order valence-corrected chi connectivity index (χ1v) is 8.15. The highest BCUT2D eigenvalue weighted by Gasteiger charge is 2.49. The molecule has 2 aliphatic rings. The maximum absolute atomic E-state index is 12.8. The third-order valence-corrected chi connectivity index (χ3v) is 4.38. The zero-order valence-corrected chi connectivity index (χ0v) is 14.3. The fourth-order valence-electron chi connectivity index (χ4n) is 3.33. The van der Waals surface area contributed by atoms with Crippen LogP contribution < -0.4 is 5.73 Å². The van der Waals surface area contributed by atoms with Crippen LogP contribution in [0.5, 0.6) is 0 Å². The van der Waals surface area contributed by atoms with Gasteiger partial charge >= 0.3 is 6.09 Å². The van der Waals surface area contributed by atoms with Crippen molar-refractivity contribution in [2.45, 2.75) is 32.3 Å². The van der Waals surface area contributed by atoms with Crippen LogP contribution in [-0.4, -0.2) is 64.1 Å². The van der Waals surface area contributed by atoms with Gasteiger partial charge in [0.2, 0.25) is 5.95 Å². The summed E-state index contributed by atoms with van der Waals surface area (Å²) in [6.07, 6.45) is 1.03. The molecule has 130 valence electrons. The summed E-state index contributed by atoms with van der Waals surface area (Å²) in [5.41, 5.74) is 6.22. The summed E-state index contributed by atoms with van der Waals surface area (Å²) in [5, 5.41) is 0. The predicted molar refractivity (Wildman–Crippen MR) is 87.3 cm³/mol. The van der Waals surface area contributed by atoms with E-state index >= 15 is 0 Å². The van der Waals surface area contributed by atoms with E-state index < -0.39 is 5.60 Å². The number of ether oxygens (including phenoxy) is 1. The standard InChI is InChI=1S/C16H23N5O3/c1-10(2)6-11-7-12(19-14(17)18-11)13(22)21-5-4-16(9-21)8-20(3)15(23)24-16/h7,10H,4-6,8-9H2,1-3H3,(H2,17,18,19)/t16-/m0/s1. The maximum atomic E-state index is 12.8. The first kappa shape index (κ1) is 16.5. The van der Waals surface area contributed by atoms with Gasteiger partial charge in [-0.2, -0.15) is 0 Å². The third-order valence-electron chi connectivity index (χ3n) is 4.38. The number of nitrogens with zero attached hydrogens (tertiary/aromatic N) is 4. The molecule has 0 aliphatic carbocycles. The van der Waals surface area contributed by atoms with Gasteiger partial charge in [0.05, 0.1) is 13.1 Å². The van der Waals surface area contributed by atoms with E-state index in [1.165, 1.54) is 4.90 Å². The van der Waals surface area contributed by atoms with Crippen LogP contribution in [-0.2, 0) is 11.2 Å². The number of carbonyl (C=O) groups excluding carboxylic acids is 2. The number of nitrogens with two attached hydrogens (primary N) is 1. The molecule has 3 rings (SSSR count). The number of anilines is 1. The van der Waals surface area contributed by atoms with Crippen molar-refractivity contribution in [3.63, 3.8) is 0 Å². The topological polar surface area (TPSA) is 102 Å². The summed E-state index contributed by atoms with van der Waals surface area (Å²) in [6.45, 7) is 5.57. The number of amides is 2. The average Bonchev–Trinajstić information content (AvgIpc) is 3.00. The molecular formula is C16H23N5O3. The smallest absolute Gasteiger partial charge is 0.410 e. The molecule has 0 bridgehead atoms. The van der Waals surface area contributed by atoms with E-state index in [1.807, 2.05) is 0 Å². The van der Waals surface area contributed by atoms with Crippen molar-refractivity contribution < 1.29 is 14.3 Å². The fraction of sp³-hybridized carbons (Fsp3) is 0.625. The molecule has 0 aromatic carbocycles. The molecule has 24 heavy (non-hydrogen) atoms. The Hall–Kier alpha value is -2.38. The van der Waals surface area contributed by atoms with Crippen molar-refractivity contribution in [1.82, 2.24) is 19.8 Å². The number of carbonyl (C=O) groups is 2. The van der Waals surface area contributed by atoms with Crippen molar-refractivity contribution in [1.29, 1.82) is 0 Å². The Labute approximate surface area is 141 Å². The van der Waals surface area contributed by atoms with Crippen molar-refractivity contribution in [2.75, 3.05) is 32.4 Å². The van der Waals surface area contributed by atoms with Crippen molar-refractivity contribution in [2.24, 2.45) is 5.92 Å². The van der Waals surface area contributed by atoms with Crippen LogP contribution in [0.1, 0.15) is 36.5 Å². The molecule has 1 aromatic heterocycles. The number of hydrogen-bond acceptors (Lipinski definition) is 6. The molecule has 1 aromatic rings. The van der Waals surface area contributed by atoms with Gasteiger partial charge in [0.15, 0.2) is 5.60 Å². The van der Waals surface area contributed by atoms with Crippen molar-refractivity contribution in [3.05, 3.63) is 17.5 Å². The molecule has 8 heteroatoms. The lowest BCUT2D eigenvalue weighted by Gasteiger charge is -2.21. The second-order valence-electron chi connectivity index (χ2n) is 7.08. The molecule has 0 unspecified atom stereocenters. The fourth-order valence-corrected chi connectivity index (χ4v) is 3.33. The Kier molecular flexibility index (Phi) is 4.06. The van der Waals surface area contributed by atoms with E-state index in [0.29, 0.717) is 37.7 Å². The second-order valence-corrected chi connectivity index (χ2v) is 7.08. The lowest BCUT2D eigenvalue weighted by Crippen LogP contribution is -2.39. The molecule has 2 saturated heterocycles. The second kappa shape index (κ2) is 5.92. The lowest BCUT2D eigenvalue weighted by molar-refractivity contribution is 0.0550. The third kappa shape index (κ3) is 3.13. The summed E-state index contributed by atoms with van der Waals surface area (Å²) in [4.78, 5) is 35.9. The largest absolute Gasteiger partial charge is 0.439 e. The Morgan fingerprint density at radius 3 is 2.79 bits per heavy atom. The van der Waals surface area contributed by atoms with Gasteiger partial charge in [-0.25, -0.2) is 14.8 Å². The number of nitrogen functional groups attached to an aromatic ring is 1. The maximum Gasteiger partial charge on any atom is 0.410 e. The summed E-state index contributed by atoms with van der Waals surface area (Å²) in [5.74, 6) is 0.319. The molecule has 3 heterocycles. The number of rotatable bonds is 3. The van der Waals surface area contributed by atoms with Crippen LogP contribution in [0.15, 0.2) is 6.07 Å². The minimum Gasteiger partial charge on any atom is -0.439 e. The minimum atomic E-state index is -0.596. The number of likely N-dealkylation sites (tertiary alicyclic amines) is 1. The van der Waals surface area contributed by atoms with E-state index in [9.17, 15) is 9.59 Å². The first-order valence-electron chi connectivity index (χ1n) is 8.15. The highest BCUT2D eigenvalue weighted by atomic mass is 16.6. The molecule has 8 nitrogen and oxygen atoms in total. The average molecular weight is 333 g/mol. The normalized spacial score (nSPS) is 23.4. The van der Waals surface area contributed by atoms with Gasteiger partial charge in [-0.05, 0) is 18.4 Å². The van der Waals surface area contributed by atoms with Gasteiger partial charge in [-0.3, -0.25) is 4.79 Å². The monoisotopic (exact) mass is 333 g/mol. The van der Waals surface area contributed by atoms with Crippen LogP contribution in [0.3, 0.4) is 0 Å². The van der Waals surface area contributed by atoms with Crippen LogP contribution in [0.4, 0.5) is 10.7 Å². The van der Waals surface area contributed by atoms with E-state index in [-0.39, 0.29) is 17.9 Å². The number of aromatic nitrogens is 2. The molecule has 2 amide bonds. The van der Waals surface area contributed by atoms with E-state index in [1.54, 1.807) is 18.0 Å². The Morgan fingerprint density at radius 1 is 1.42 bits per heavy atom. The van der Waals surface area contributed by atoms with Crippen molar-refractivity contribution >= 4 is 17.9 Å². The Morgan fingerprint density at radius 2 is 2.17 bits per heavy atom. The lowest BCUT2D eigenvalue weighted by atomic mass is 10.0. The molecule has 1 atom stereocenters. The summed E-state index contributed by atoms with van der Waals surface area (Å²) < 4.78 is 5.47. The van der Waals surface area contributed by atoms with Gasteiger partial charge < -0.3 is 20.3 Å². The van der Waals surface area contributed by atoms with Crippen molar-refractivity contribution in [3.8, 4) is 0 Å². The number of likely N-dealkylation sites (N-methyl/N-ethyl adjacent to an activating group) is 1. The van der Waals surface area contributed by atoms with Crippen LogP contribution in [0.25, 0.3) is 0 Å². The zero-order chi connectivity index (χ0) is 17.5. The zero-order valence-electron chi connectivity index (χ0n) is 14.3. The highest BCUT2D eigenvalue weighted by Crippen LogP contribution is 2.32. The van der Waals surface area contributed by atoms with Crippen LogP contribution in [0, 0.1) is 5.92 Å². The quantitative estimate of drug-likeness (QED) is 0.883. The molecule has 0 radical (unpaired) electrons. The molecule has 2 fully saturated rings. The van der Waals surface area contributed by atoms with Gasteiger partial charge in [-0.15, -0.1) is 0 Å². The van der Waals surface area contributed by atoms with Gasteiger partial charge in [0.25, 0.3) is 5.91 Å². The SMILES string of the molecule is CC(C)Cc1cc(C(=O)N2CC[C@]3(CN(C)C(=O)O3)C2)nc(N)n1. The summed E-state index contributed by atoms with van der Waals surface area (Å²) in [7, 11) is 1.70. The summed E-state index contributed by atoms with van der Waals surface area (Å²) >= 11 is 0. The van der Waals surface area contributed by atoms with Crippen LogP contribution in [0.2, 0.25) is 0 Å². The van der Waals surface area contributed by atoms with E-state index in [4.69, 9.17) is 10.5 Å². The Bertz CT molecular complexity index is 678. The van der Waals surface area contributed by atoms with E-state index in [0.717, 1.165) is 12.1 Å². The molecule has 1 spiro atoms. The molecular weight excluding hydrogens is 310 g/mol. The molecule has 2 N–H and O–H groups in total. The van der Waals surface area contributed by atoms with E-state index in [2.05, 4.69) is 23.8 Å². The van der Waals surface area contributed by atoms with Gasteiger partial charge in [0, 0.05) is 25.7 Å². The van der Waals surface area contributed by atoms with Gasteiger partial charge in [-0.1, -0.05) is 13.8 Å². The molecule has 0 saturated carbocycles. The molecule has 2 aliphatic heterocycles. The predicted octanol–water partition coefficient (Wildman–Crippen LogP) is 0.924. The van der Waals surface area contributed by atoms with Crippen LogP contribution >= 0.6 is 0 Å². The highest BCUT2D eigenvalue weighted by molar-refractivity contribution is 5.93. The number of hydrogen-bond donors (Lipinski definition) is 1. The minimum absolute atomic E-state index is 0.109. The Balaban J connectivity index is 1.76.